The molecule has 0 saturated heterocycles. The summed E-state index contributed by atoms with van der Waals surface area (Å²) in [5, 5.41) is 4.33. The fourth-order valence-corrected chi connectivity index (χ4v) is 7.60. The number of ether oxygens (including phenoxy) is 4. The van der Waals surface area contributed by atoms with Gasteiger partial charge in [0.1, 0.15) is 34.5 Å². The molecule has 0 aliphatic carbocycles. The molecule has 11 rings (SSSR count). The molecule has 286 valence electrons. The van der Waals surface area contributed by atoms with Crippen molar-refractivity contribution in [3.8, 4) is 57.9 Å². The molecule has 10 nitrogen and oxygen atoms in total. The molecule has 0 bridgehead atoms. The molecule has 0 saturated carbocycles. The second-order valence-corrected chi connectivity index (χ2v) is 14.0. The Kier molecular flexibility index (Phi) is 8.55. The van der Waals surface area contributed by atoms with Crippen molar-refractivity contribution in [3.05, 3.63) is 195 Å². The average Bonchev–Trinajstić information content (AvgIpc) is 3.79. The molecular formula is C50H32N6O4. The van der Waals surface area contributed by atoms with E-state index in [-0.39, 0.29) is 0 Å². The van der Waals surface area contributed by atoms with Gasteiger partial charge in [0.2, 0.25) is 17.7 Å². The molecular weight excluding hydrogens is 749 g/mol. The first kappa shape index (κ1) is 34.7. The van der Waals surface area contributed by atoms with Gasteiger partial charge in [-0.2, -0.15) is 0 Å². The van der Waals surface area contributed by atoms with Crippen LogP contribution in [-0.4, -0.2) is 29.1 Å². The number of pyridine rings is 2. The third kappa shape index (κ3) is 6.53. The molecule has 6 aromatic carbocycles. The van der Waals surface area contributed by atoms with E-state index in [0.717, 1.165) is 38.5 Å². The minimum atomic E-state index is 0.491. The van der Waals surface area contributed by atoms with Crippen LogP contribution in [0.3, 0.4) is 0 Å². The van der Waals surface area contributed by atoms with E-state index in [1.807, 2.05) is 126 Å². The minimum absolute atomic E-state index is 0.491. The summed E-state index contributed by atoms with van der Waals surface area (Å²) in [6, 6.07) is 54.9. The Morgan fingerprint density at radius 2 is 0.750 bits per heavy atom. The Hall–Kier alpha value is -8.50. The van der Waals surface area contributed by atoms with E-state index in [9.17, 15) is 0 Å². The van der Waals surface area contributed by atoms with Crippen molar-refractivity contribution in [2.45, 2.75) is 0 Å². The van der Waals surface area contributed by atoms with Crippen LogP contribution in [0.4, 0.5) is 0 Å². The maximum atomic E-state index is 6.46. The summed E-state index contributed by atoms with van der Waals surface area (Å²) >= 11 is 0. The number of fused-ring (bicyclic) bond motifs is 6. The van der Waals surface area contributed by atoms with Gasteiger partial charge in [0.05, 0.1) is 40.1 Å². The van der Waals surface area contributed by atoms with Crippen molar-refractivity contribution in [2.75, 3.05) is 0 Å². The zero-order chi connectivity index (χ0) is 39.8. The molecule has 11 aromatic rings. The number of hydrogen-bond donors (Lipinski definition) is 0. The van der Waals surface area contributed by atoms with Crippen LogP contribution in [0.15, 0.2) is 195 Å². The summed E-state index contributed by atoms with van der Waals surface area (Å²) < 4.78 is 29.1. The Morgan fingerprint density at radius 1 is 0.317 bits per heavy atom. The summed E-state index contributed by atoms with van der Waals surface area (Å²) in [6.45, 7) is 0. The molecule has 5 heterocycles. The highest BCUT2D eigenvalue weighted by Gasteiger charge is 2.18. The van der Waals surface area contributed by atoms with E-state index in [2.05, 4.69) is 75.2 Å². The van der Waals surface area contributed by atoms with Crippen molar-refractivity contribution in [1.82, 2.24) is 29.1 Å². The molecule has 0 amide bonds. The monoisotopic (exact) mass is 780 g/mol. The Morgan fingerprint density at radius 3 is 1.23 bits per heavy atom. The number of benzene rings is 6. The van der Waals surface area contributed by atoms with Gasteiger partial charge in [0.25, 0.3) is 0 Å². The Bertz CT molecular complexity index is 3130. The molecule has 60 heavy (non-hydrogen) atoms. The lowest BCUT2D eigenvalue weighted by Gasteiger charge is -2.12. The number of para-hydroxylation sites is 2. The molecule has 0 aliphatic heterocycles. The largest absolute Gasteiger partial charge is 0.457 e. The van der Waals surface area contributed by atoms with Crippen LogP contribution in [0.1, 0.15) is 0 Å². The van der Waals surface area contributed by atoms with Crippen LogP contribution in [0.2, 0.25) is 0 Å². The van der Waals surface area contributed by atoms with Crippen molar-refractivity contribution in [3.63, 3.8) is 0 Å². The number of aromatic nitrogens is 6. The van der Waals surface area contributed by atoms with Gasteiger partial charge >= 0.3 is 0 Å². The van der Waals surface area contributed by atoms with E-state index < -0.39 is 0 Å². The zero-order valence-electron chi connectivity index (χ0n) is 31.8. The molecule has 0 spiro atoms. The van der Waals surface area contributed by atoms with Crippen LogP contribution in [-0.2, 0) is 0 Å². The Balaban J connectivity index is 0.997. The van der Waals surface area contributed by atoms with Crippen molar-refractivity contribution >= 4 is 43.6 Å². The van der Waals surface area contributed by atoms with Gasteiger partial charge in [-0.15, -0.1) is 0 Å². The molecule has 0 fully saturated rings. The van der Waals surface area contributed by atoms with Gasteiger partial charge in [-0.1, -0.05) is 60.7 Å². The van der Waals surface area contributed by atoms with Gasteiger partial charge in [-0.3, -0.25) is 4.57 Å². The normalized spacial score (nSPS) is 11.3. The molecule has 0 N–H and O–H groups in total. The molecule has 0 radical (unpaired) electrons. The maximum absolute atomic E-state index is 6.46. The van der Waals surface area contributed by atoms with E-state index >= 15 is 0 Å². The molecule has 0 unspecified atom stereocenters. The van der Waals surface area contributed by atoms with Crippen LogP contribution < -0.4 is 18.9 Å². The van der Waals surface area contributed by atoms with E-state index in [4.69, 9.17) is 28.9 Å². The number of rotatable bonds is 10. The lowest BCUT2D eigenvalue weighted by Crippen LogP contribution is -2.03. The number of nitrogens with zero attached hydrogens (tertiary/aromatic N) is 6. The van der Waals surface area contributed by atoms with E-state index in [0.29, 0.717) is 52.2 Å². The first-order valence-corrected chi connectivity index (χ1v) is 19.3. The van der Waals surface area contributed by atoms with Crippen molar-refractivity contribution in [2.24, 2.45) is 0 Å². The molecule has 0 aliphatic rings. The Labute approximate surface area is 343 Å². The van der Waals surface area contributed by atoms with Gasteiger partial charge in [0.15, 0.2) is 0 Å². The predicted octanol–water partition coefficient (Wildman–Crippen LogP) is 12.6. The SMILES string of the molecule is c1ccc(Oc2cccc(Oc3ccc4c5ccc(Oc6cccc(Oc7ccccn7)c6)cc5n(-c5ncc(-n6c7ccccc7c7ccccc76)cn5)c4c3)c2)nc1. The van der Waals surface area contributed by atoms with Crippen LogP contribution in [0.25, 0.3) is 55.2 Å². The fraction of sp³-hybridized carbons (Fsp3) is 0. The van der Waals surface area contributed by atoms with E-state index in [1.54, 1.807) is 12.4 Å². The quantitative estimate of drug-likeness (QED) is 0.135. The van der Waals surface area contributed by atoms with Crippen LogP contribution in [0, 0.1) is 0 Å². The van der Waals surface area contributed by atoms with Crippen LogP contribution >= 0.6 is 0 Å². The first-order valence-electron chi connectivity index (χ1n) is 19.3. The van der Waals surface area contributed by atoms with E-state index in [1.165, 1.54) is 10.8 Å². The summed E-state index contributed by atoms with van der Waals surface area (Å²) in [6.07, 6.45) is 7.13. The molecule has 5 aromatic heterocycles. The summed E-state index contributed by atoms with van der Waals surface area (Å²) in [5.41, 5.74) is 4.73. The summed E-state index contributed by atoms with van der Waals surface area (Å²) in [7, 11) is 0. The first-order chi connectivity index (χ1) is 29.7. The third-order valence-corrected chi connectivity index (χ3v) is 10.2. The van der Waals surface area contributed by atoms with Crippen LogP contribution in [0.5, 0.6) is 46.3 Å². The lowest BCUT2D eigenvalue weighted by molar-refractivity contribution is 0.448. The van der Waals surface area contributed by atoms with Gasteiger partial charge < -0.3 is 23.5 Å². The third-order valence-electron chi connectivity index (χ3n) is 10.2. The smallest absolute Gasteiger partial charge is 0.234 e. The molecule has 0 atom stereocenters. The summed E-state index contributed by atoms with van der Waals surface area (Å²) in [4.78, 5) is 18.6. The highest BCUT2D eigenvalue weighted by atomic mass is 16.5. The number of hydrogen-bond acceptors (Lipinski definition) is 8. The maximum Gasteiger partial charge on any atom is 0.234 e. The molecule has 10 heteroatoms. The van der Waals surface area contributed by atoms with Gasteiger partial charge in [0, 0.05) is 70.3 Å². The van der Waals surface area contributed by atoms with Crippen molar-refractivity contribution < 1.29 is 18.9 Å². The highest BCUT2D eigenvalue weighted by molar-refractivity contribution is 6.10. The zero-order valence-corrected chi connectivity index (χ0v) is 31.8. The fourth-order valence-electron chi connectivity index (χ4n) is 7.60. The highest BCUT2D eigenvalue weighted by Crippen LogP contribution is 2.39. The second kappa shape index (κ2) is 14.8. The second-order valence-electron chi connectivity index (χ2n) is 14.0. The van der Waals surface area contributed by atoms with Crippen molar-refractivity contribution in [1.29, 1.82) is 0 Å². The van der Waals surface area contributed by atoms with Gasteiger partial charge in [-0.25, -0.2) is 19.9 Å². The van der Waals surface area contributed by atoms with Gasteiger partial charge in [-0.05, 0) is 72.8 Å². The summed E-state index contributed by atoms with van der Waals surface area (Å²) in [5.74, 6) is 5.19. The predicted molar refractivity (Wildman–Crippen MR) is 232 cm³/mol. The standard InChI is InChI=1S/C50H32N6O4/c1-3-17-44-40(15-1)41-16-2-4-18-45(41)55(44)33-31-53-50(54-32-33)56-46-29-38(57-34-11-9-13-36(27-34)59-48-19-5-7-25-51-48)21-23-42(46)43-24-22-39(30-47(43)56)58-35-12-10-14-37(28-35)60-49-20-6-8-26-52-49/h1-32H. The topological polar surface area (TPSA) is 98.3 Å². The average molecular weight is 781 g/mol. The lowest BCUT2D eigenvalue weighted by atomic mass is 10.1. The minimum Gasteiger partial charge on any atom is -0.457 e.